The summed E-state index contributed by atoms with van der Waals surface area (Å²) in [5.41, 5.74) is -0.113. The Labute approximate surface area is 169 Å². The van der Waals surface area contributed by atoms with Crippen LogP contribution < -0.4 is 19.5 Å². The Kier molecular flexibility index (Phi) is 6.39. The third-order valence-electron chi connectivity index (χ3n) is 4.82. The van der Waals surface area contributed by atoms with Crippen LogP contribution in [0.1, 0.15) is 36.0 Å². The van der Waals surface area contributed by atoms with Crippen molar-refractivity contribution in [2.45, 2.75) is 36.6 Å². The molecule has 1 aliphatic rings. The fourth-order valence-electron chi connectivity index (χ4n) is 3.28. The molecule has 0 saturated heterocycles. The summed E-state index contributed by atoms with van der Waals surface area (Å²) in [5.74, 6) is -0.805. The number of methoxy groups -OCH3 is 2. The van der Waals surface area contributed by atoms with Crippen LogP contribution in [-0.2, 0) is 10.0 Å². The van der Waals surface area contributed by atoms with Crippen LogP contribution in [0.5, 0.6) is 11.5 Å². The minimum Gasteiger partial charge on any atom is -0.497 e. The average Bonchev–Trinajstić information content (AvgIpc) is 3.20. The van der Waals surface area contributed by atoms with Gasteiger partial charge < -0.3 is 14.8 Å². The van der Waals surface area contributed by atoms with E-state index >= 15 is 0 Å². The van der Waals surface area contributed by atoms with Gasteiger partial charge in [0.05, 0.1) is 30.4 Å². The largest absolute Gasteiger partial charge is 0.497 e. The van der Waals surface area contributed by atoms with Crippen molar-refractivity contribution in [3.63, 3.8) is 0 Å². The van der Waals surface area contributed by atoms with Gasteiger partial charge in [0.2, 0.25) is 10.0 Å². The quantitative estimate of drug-likeness (QED) is 0.714. The Morgan fingerprint density at radius 1 is 1.07 bits per heavy atom. The maximum absolute atomic E-state index is 14.3. The van der Waals surface area contributed by atoms with Gasteiger partial charge in [0, 0.05) is 12.1 Å². The van der Waals surface area contributed by atoms with Gasteiger partial charge in [-0.1, -0.05) is 12.8 Å². The molecule has 1 fully saturated rings. The number of nitrogens with one attached hydrogen (secondary N) is 2. The first-order chi connectivity index (χ1) is 13.8. The Hall–Kier alpha value is -2.65. The molecular formula is C20H23FN2O5S. The van der Waals surface area contributed by atoms with Gasteiger partial charge >= 0.3 is 0 Å². The summed E-state index contributed by atoms with van der Waals surface area (Å²) >= 11 is 0. The number of ether oxygens (including phenoxy) is 2. The summed E-state index contributed by atoms with van der Waals surface area (Å²) in [5, 5.41) is 2.55. The lowest BCUT2D eigenvalue weighted by atomic mass is 10.2. The van der Waals surface area contributed by atoms with Crippen LogP contribution in [0.2, 0.25) is 0 Å². The number of hydrogen-bond donors (Lipinski definition) is 2. The molecule has 0 heterocycles. The van der Waals surface area contributed by atoms with Gasteiger partial charge in [-0.2, -0.15) is 0 Å². The molecular weight excluding hydrogens is 399 g/mol. The minimum atomic E-state index is -3.85. The van der Waals surface area contributed by atoms with Gasteiger partial charge in [-0.3, -0.25) is 4.79 Å². The molecule has 156 valence electrons. The maximum atomic E-state index is 14.3. The van der Waals surface area contributed by atoms with E-state index < -0.39 is 21.7 Å². The van der Waals surface area contributed by atoms with Gasteiger partial charge in [-0.15, -0.1) is 0 Å². The SMILES string of the molecule is COc1ccc(OC)c(NC(=O)c2cc(S(=O)(=O)NC3CCCC3)ccc2F)c1. The number of rotatable bonds is 7. The molecule has 2 aromatic carbocycles. The van der Waals surface area contributed by atoms with Crippen molar-refractivity contribution >= 4 is 21.6 Å². The van der Waals surface area contributed by atoms with Crippen LogP contribution in [-0.4, -0.2) is 34.6 Å². The molecule has 1 amide bonds. The zero-order valence-corrected chi connectivity index (χ0v) is 17.0. The van der Waals surface area contributed by atoms with Crippen LogP contribution in [0.15, 0.2) is 41.3 Å². The summed E-state index contributed by atoms with van der Waals surface area (Å²) < 4.78 is 52.5. The maximum Gasteiger partial charge on any atom is 0.258 e. The molecule has 0 bridgehead atoms. The molecule has 1 saturated carbocycles. The zero-order valence-electron chi connectivity index (χ0n) is 16.2. The number of carbonyl (C=O) groups is 1. The molecule has 0 atom stereocenters. The van der Waals surface area contributed by atoms with Crippen molar-refractivity contribution in [2.75, 3.05) is 19.5 Å². The lowest BCUT2D eigenvalue weighted by Gasteiger charge is -2.14. The number of sulfonamides is 1. The van der Waals surface area contributed by atoms with E-state index in [1.165, 1.54) is 20.3 Å². The van der Waals surface area contributed by atoms with E-state index in [4.69, 9.17) is 9.47 Å². The molecule has 29 heavy (non-hydrogen) atoms. The van der Waals surface area contributed by atoms with Crippen LogP contribution in [0.3, 0.4) is 0 Å². The number of carbonyl (C=O) groups excluding carboxylic acids is 1. The summed E-state index contributed by atoms with van der Waals surface area (Å²) in [7, 11) is -0.953. The monoisotopic (exact) mass is 422 g/mol. The van der Waals surface area contributed by atoms with E-state index in [1.807, 2.05) is 0 Å². The van der Waals surface area contributed by atoms with Crippen molar-refractivity contribution < 1.29 is 27.1 Å². The normalized spacial score (nSPS) is 14.6. The number of benzene rings is 2. The molecule has 0 unspecified atom stereocenters. The Morgan fingerprint density at radius 2 is 1.79 bits per heavy atom. The Balaban J connectivity index is 1.87. The molecule has 7 nitrogen and oxygen atoms in total. The van der Waals surface area contributed by atoms with Gasteiger partial charge in [-0.25, -0.2) is 17.5 Å². The van der Waals surface area contributed by atoms with Gasteiger partial charge in [0.25, 0.3) is 5.91 Å². The molecule has 0 aromatic heterocycles. The highest BCUT2D eigenvalue weighted by molar-refractivity contribution is 7.89. The third-order valence-corrected chi connectivity index (χ3v) is 6.34. The molecule has 0 aliphatic heterocycles. The van der Waals surface area contributed by atoms with E-state index in [9.17, 15) is 17.6 Å². The molecule has 0 radical (unpaired) electrons. The summed E-state index contributed by atoms with van der Waals surface area (Å²) in [4.78, 5) is 12.5. The van der Waals surface area contributed by atoms with Crippen molar-refractivity contribution in [1.82, 2.24) is 4.72 Å². The zero-order chi connectivity index (χ0) is 21.0. The topological polar surface area (TPSA) is 93.7 Å². The molecule has 3 rings (SSSR count). The first kappa shape index (κ1) is 21.1. The second-order valence-electron chi connectivity index (χ2n) is 6.76. The number of hydrogen-bond acceptors (Lipinski definition) is 5. The predicted molar refractivity (Wildman–Crippen MR) is 106 cm³/mol. The van der Waals surface area contributed by atoms with E-state index in [2.05, 4.69) is 10.0 Å². The Morgan fingerprint density at radius 3 is 2.45 bits per heavy atom. The standard InChI is InChI=1S/C20H23FN2O5S/c1-27-14-7-10-19(28-2)18(11-14)22-20(24)16-12-15(8-9-17(16)21)29(25,26)23-13-5-3-4-6-13/h7-13,23H,3-6H2,1-2H3,(H,22,24). The third kappa shape index (κ3) is 4.86. The highest BCUT2D eigenvalue weighted by Crippen LogP contribution is 2.30. The lowest BCUT2D eigenvalue weighted by molar-refractivity contribution is 0.102. The van der Waals surface area contributed by atoms with Crippen LogP contribution in [0.25, 0.3) is 0 Å². The molecule has 2 N–H and O–H groups in total. The van der Waals surface area contributed by atoms with Crippen LogP contribution >= 0.6 is 0 Å². The highest BCUT2D eigenvalue weighted by Gasteiger charge is 2.25. The molecule has 9 heteroatoms. The molecule has 2 aromatic rings. The number of halogens is 1. The molecule has 0 spiro atoms. The number of amides is 1. The minimum absolute atomic E-state index is 0.136. The van der Waals surface area contributed by atoms with Crippen molar-refractivity contribution in [3.8, 4) is 11.5 Å². The fraction of sp³-hybridized carbons (Fsp3) is 0.350. The number of anilines is 1. The van der Waals surface area contributed by atoms with Crippen molar-refractivity contribution in [1.29, 1.82) is 0 Å². The fourth-order valence-corrected chi connectivity index (χ4v) is 4.61. The van der Waals surface area contributed by atoms with Crippen molar-refractivity contribution in [2.24, 2.45) is 0 Å². The van der Waals surface area contributed by atoms with Crippen LogP contribution in [0, 0.1) is 5.82 Å². The second-order valence-corrected chi connectivity index (χ2v) is 8.48. The van der Waals surface area contributed by atoms with Crippen LogP contribution in [0.4, 0.5) is 10.1 Å². The summed E-state index contributed by atoms with van der Waals surface area (Å²) in [6.07, 6.45) is 3.46. The second kappa shape index (κ2) is 8.79. The Bertz CT molecular complexity index is 1000. The first-order valence-electron chi connectivity index (χ1n) is 9.19. The highest BCUT2D eigenvalue weighted by atomic mass is 32.2. The van der Waals surface area contributed by atoms with Gasteiger partial charge in [-0.05, 0) is 43.2 Å². The predicted octanol–water partition coefficient (Wildman–Crippen LogP) is 3.32. The molecule has 1 aliphatic carbocycles. The van der Waals surface area contributed by atoms with Gasteiger partial charge in [0.1, 0.15) is 17.3 Å². The van der Waals surface area contributed by atoms with E-state index in [0.29, 0.717) is 11.5 Å². The summed E-state index contributed by atoms with van der Waals surface area (Å²) in [6.45, 7) is 0. The van der Waals surface area contributed by atoms with E-state index in [0.717, 1.165) is 43.9 Å². The van der Waals surface area contributed by atoms with Gasteiger partial charge in [0.15, 0.2) is 0 Å². The lowest BCUT2D eigenvalue weighted by Crippen LogP contribution is -2.32. The first-order valence-corrected chi connectivity index (χ1v) is 10.7. The summed E-state index contributed by atoms with van der Waals surface area (Å²) in [6, 6.07) is 7.79. The smallest absolute Gasteiger partial charge is 0.258 e. The van der Waals surface area contributed by atoms with Crippen molar-refractivity contribution in [3.05, 3.63) is 47.8 Å². The average molecular weight is 422 g/mol. The van der Waals surface area contributed by atoms with E-state index in [-0.39, 0.29) is 22.2 Å². The van der Waals surface area contributed by atoms with E-state index in [1.54, 1.807) is 12.1 Å².